The first kappa shape index (κ1) is 23.6. The Hall–Kier alpha value is -3.55. The van der Waals surface area contributed by atoms with Crippen molar-refractivity contribution in [3.05, 3.63) is 59.7 Å². The summed E-state index contributed by atoms with van der Waals surface area (Å²) in [6.45, 7) is 6.34. The number of piperidine rings is 1. The molecule has 4 rings (SSSR count). The van der Waals surface area contributed by atoms with Crippen LogP contribution >= 0.6 is 0 Å². The molecule has 0 aromatic heterocycles. The number of fused-ring (bicyclic) bond motifs is 3. The molecule has 1 aliphatic heterocycles. The molecule has 2 aromatic rings. The molecule has 2 aliphatic rings. The molecule has 3 amide bonds. The molecular formula is C26H31N3O5. The minimum Gasteiger partial charge on any atom is -0.448 e. The SMILES string of the molecule is CC(C)(C)OC(=O)NNC(=O)C1CCN(C(=O)OCC2c3ccccc3-c3ccccc32)CC1. The molecule has 0 bridgehead atoms. The Bertz CT molecular complexity index is 1020. The molecule has 34 heavy (non-hydrogen) atoms. The van der Waals surface area contributed by atoms with Crippen LogP contribution < -0.4 is 10.9 Å². The Labute approximate surface area is 199 Å². The number of carbonyl (C=O) groups excluding carboxylic acids is 3. The summed E-state index contributed by atoms with van der Waals surface area (Å²) in [6.07, 6.45) is -0.0950. The molecule has 1 fully saturated rings. The van der Waals surface area contributed by atoms with Gasteiger partial charge in [-0.2, -0.15) is 0 Å². The highest BCUT2D eigenvalue weighted by molar-refractivity contribution is 5.82. The number of carbonyl (C=O) groups is 3. The summed E-state index contributed by atoms with van der Waals surface area (Å²) in [4.78, 5) is 38.4. The highest BCUT2D eigenvalue weighted by atomic mass is 16.6. The van der Waals surface area contributed by atoms with Gasteiger partial charge in [0.2, 0.25) is 5.91 Å². The maximum Gasteiger partial charge on any atom is 0.426 e. The van der Waals surface area contributed by atoms with Gasteiger partial charge in [-0.05, 0) is 55.9 Å². The molecule has 0 atom stereocenters. The lowest BCUT2D eigenvalue weighted by atomic mass is 9.96. The fraction of sp³-hybridized carbons (Fsp3) is 0.423. The number of amides is 3. The topological polar surface area (TPSA) is 97.0 Å². The van der Waals surface area contributed by atoms with Crippen LogP contribution in [0.2, 0.25) is 0 Å². The lowest BCUT2D eigenvalue weighted by Gasteiger charge is -2.31. The lowest BCUT2D eigenvalue weighted by Crippen LogP contribution is -2.49. The second-order valence-corrected chi connectivity index (χ2v) is 9.68. The molecule has 0 radical (unpaired) electrons. The van der Waals surface area contributed by atoms with Gasteiger partial charge in [-0.3, -0.25) is 10.2 Å². The summed E-state index contributed by atoms with van der Waals surface area (Å²) in [7, 11) is 0. The number of benzene rings is 2. The Kier molecular flexibility index (Phi) is 6.77. The summed E-state index contributed by atoms with van der Waals surface area (Å²) >= 11 is 0. The third-order valence-corrected chi connectivity index (χ3v) is 6.15. The van der Waals surface area contributed by atoms with Gasteiger partial charge in [-0.15, -0.1) is 0 Å². The Morgan fingerprint density at radius 1 is 0.912 bits per heavy atom. The first-order valence-electron chi connectivity index (χ1n) is 11.6. The molecule has 0 saturated carbocycles. The third kappa shape index (κ3) is 5.32. The van der Waals surface area contributed by atoms with E-state index >= 15 is 0 Å². The number of ether oxygens (including phenoxy) is 2. The summed E-state index contributed by atoms with van der Waals surface area (Å²) in [5.41, 5.74) is 8.74. The fourth-order valence-electron chi connectivity index (χ4n) is 4.53. The van der Waals surface area contributed by atoms with Crippen LogP contribution in [0, 0.1) is 5.92 Å². The van der Waals surface area contributed by atoms with Crippen molar-refractivity contribution in [2.24, 2.45) is 5.92 Å². The predicted octanol–water partition coefficient (Wildman–Crippen LogP) is 4.20. The molecule has 1 saturated heterocycles. The van der Waals surface area contributed by atoms with Gasteiger partial charge in [0.1, 0.15) is 12.2 Å². The van der Waals surface area contributed by atoms with Gasteiger partial charge in [0.25, 0.3) is 0 Å². The predicted molar refractivity (Wildman–Crippen MR) is 127 cm³/mol. The number of rotatable bonds is 3. The summed E-state index contributed by atoms with van der Waals surface area (Å²) in [5, 5.41) is 0. The summed E-state index contributed by atoms with van der Waals surface area (Å²) in [5.74, 6) is -0.579. The molecule has 8 heteroatoms. The second-order valence-electron chi connectivity index (χ2n) is 9.68. The van der Waals surface area contributed by atoms with Crippen molar-refractivity contribution in [3.63, 3.8) is 0 Å². The van der Waals surface area contributed by atoms with Gasteiger partial charge in [-0.25, -0.2) is 15.0 Å². The van der Waals surface area contributed by atoms with Gasteiger partial charge in [0.05, 0.1) is 0 Å². The first-order valence-corrected chi connectivity index (χ1v) is 11.6. The van der Waals surface area contributed by atoms with Crippen LogP contribution in [0.4, 0.5) is 9.59 Å². The average Bonchev–Trinajstić information content (AvgIpc) is 3.14. The van der Waals surface area contributed by atoms with E-state index in [0.29, 0.717) is 25.9 Å². The second kappa shape index (κ2) is 9.75. The van der Waals surface area contributed by atoms with Crippen LogP contribution in [0.15, 0.2) is 48.5 Å². The third-order valence-electron chi connectivity index (χ3n) is 6.15. The van der Waals surface area contributed by atoms with Gasteiger partial charge in [0, 0.05) is 24.9 Å². The van der Waals surface area contributed by atoms with Crippen molar-refractivity contribution >= 4 is 18.1 Å². The van der Waals surface area contributed by atoms with Gasteiger partial charge in [-0.1, -0.05) is 48.5 Å². The summed E-state index contributed by atoms with van der Waals surface area (Å²) in [6, 6.07) is 16.4. The Balaban J connectivity index is 1.26. The molecule has 0 spiro atoms. The molecular weight excluding hydrogens is 434 g/mol. The zero-order valence-electron chi connectivity index (χ0n) is 19.8. The van der Waals surface area contributed by atoms with Gasteiger partial charge < -0.3 is 14.4 Å². The van der Waals surface area contributed by atoms with Crippen molar-refractivity contribution in [2.45, 2.75) is 45.1 Å². The van der Waals surface area contributed by atoms with Crippen molar-refractivity contribution in [1.82, 2.24) is 15.8 Å². The van der Waals surface area contributed by atoms with Crippen LogP contribution in [0.3, 0.4) is 0 Å². The minimum absolute atomic E-state index is 0.0126. The van der Waals surface area contributed by atoms with Crippen LogP contribution in [-0.4, -0.2) is 48.3 Å². The highest BCUT2D eigenvalue weighted by Gasteiger charge is 2.32. The smallest absolute Gasteiger partial charge is 0.426 e. The zero-order valence-corrected chi connectivity index (χ0v) is 19.8. The van der Waals surface area contributed by atoms with Crippen LogP contribution in [0.5, 0.6) is 0 Å². The van der Waals surface area contributed by atoms with E-state index < -0.39 is 11.7 Å². The Morgan fingerprint density at radius 3 is 2.03 bits per heavy atom. The number of likely N-dealkylation sites (tertiary alicyclic amines) is 1. The van der Waals surface area contributed by atoms with Crippen LogP contribution in [0.25, 0.3) is 11.1 Å². The van der Waals surface area contributed by atoms with E-state index in [0.717, 1.165) is 0 Å². The number of hydrogen-bond acceptors (Lipinski definition) is 5. The van der Waals surface area contributed by atoms with Crippen LogP contribution in [-0.2, 0) is 14.3 Å². The maximum atomic E-state index is 12.7. The monoisotopic (exact) mass is 465 g/mol. The van der Waals surface area contributed by atoms with Crippen molar-refractivity contribution in [2.75, 3.05) is 19.7 Å². The van der Waals surface area contributed by atoms with E-state index in [9.17, 15) is 14.4 Å². The van der Waals surface area contributed by atoms with E-state index in [2.05, 4.69) is 35.1 Å². The molecule has 2 N–H and O–H groups in total. The number of hydrazine groups is 1. The molecule has 8 nitrogen and oxygen atoms in total. The standard InChI is InChI=1S/C26H31N3O5/c1-26(2,3)34-24(31)28-27-23(30)17-12-14-29(15-13-17)25(32)33-16-22-20-10-6-4-8-18(20)19-9-5-7-11-21(19)22/h4-11,17,22H,12-16H2,1-3H3,(H,27,30)(H,28,31). The minimum atomic E-state index is -0.711. The van der Waals surface area contributed by atoms with Gasteiger partial charge in [0.15, 0.2) is 0 Å². The van der Waals surface area contributed by atoms with Crippen LogP contribution in [0.1, 0.15) is 50.7 Å². The molecule has 2 aromatic carbocycles. The van der Waals surface area contributed by atoms with E-state index in [1.807, 2.05) is 24.3 Å². The molecule has 180 valence electrons. The van der Waals surface area contributed by atoms with Gasteiger partial charge >= 0.3 is 12.2 Å². The molecule has 0 unspecified atom stereocenters. The van der Waals surface area contributed by atoms with E-state index in [1.165, 1.54) is 22.3 Å². The first-order chi connectivity index (χ1) is 16.2. The Morgan fingerprint density at radius 2 is 1.47 bits per heavy atom. The van der Waals surface area contributed by atoms with Crippen molar-refractivity contribution in [3.8, 4) is 11.1 Å². The normalized spacial score (nSPS) is 15.8. The summed E-state index contributed by atoms with van der Waals surface area (Å²) < 4.78 is 10.8. The zero-order chi connectivity index (χ0) is 24.3. The lowest BCUT2D eigenvalue weighted by molar-refractivity contribution is -0.127. The van der Waals surface area contributed by atoms with Crippen molar-refractivity contribution in [1.29, 1.82) is 0 Å². The number of nitrogens with zero attached hydrogens (tertiary/aromatic N) is 1. The number of nitrogens with one attached hydrogen (secondary N) is 2. The van der Waals surface area contributed by atoms with E-state index in [-0.39, 0.29) is 30.4 Å². The fourth-order valence-corrected chi connectivity index (χ4v) is 4.53. The average molecular weight is 466 g/mol. The quantitative estimate of drug-likeness (QED) is 0.662. The maximum absolute atomic E-state index is 12.7. The largest absolute Gasteiger partial charge is 0.448 e. The highest BCUT2D eigenvalue weighted by Crippen LogP contribution is 2.44. The molecule has 1 aliphatic carbocycles. The molecule has 1 heterocycles. The number of hydrogen-bond donors (Lipinski definition) is 2. The van der Waals surface area contributed by atoms with Crippen molar-refractivity contribution < 1.29 is 23.9 Å². The van der Waals surface area contributed by atoms with E-state index in [4.69, 9.17) is 9.47 Å². The van der Waals surface area contributed by atoms with E-state index in [1.54, 1.807) is 25.7 Å².